The summed E-state index contributed by atoms with van der Waals surface area (Å²) in [4.78, 5) is 12.2. The van der Waals surface area contributed by atoms with Crippen LogP contribution in [0.3, 0.4) is 0 Å². The maximum Gasteiger partial charge on any atom is 0.407 e. The van der Waals surface area contributed by atoms with Crippen molar-refractivity contribution in [3.05, 3.63) is 34.6 Å². The number of hydrogen-bond acceptors (Lipinski definition) is 3. The fraction of sp³-hybridized carbons (Fsp3) is 0.462. The molecule has 1 aromatic rings. The van der Waals surface area contributed by atoms with E-state index in [9.17, 15) is 14.3 Å². The van der Waals surface area contributed by atoms with Crippen molar-refractivity contribution >= 4 is 17.7 Å². The van der Waals surface area contributed by atoms with Crippen molar-refractivity contribution in [2.45, 2.75) is 6.10 Å². The molecule has 1 saturated heterocycles. The molecule has 1 aliphatic heterocycles. The summed E-state index contributed by atoms with van der Waals surface area (Å²) in [6.07, 6.45) is -1.62. The predicted molar refractivity (Wildman–Crippen MR) is 70.3 cm³/mol. The maximum absolute atomic E-state index is 13.5. The number of amides is 1. The Morgan fingerprint density at radius 1 is 1.55 bits per heavy atom. The molecular weight excluding hydrogens is 289 g/mol. The van der Waals surface area contributed by atoms with Gasteiger partial charge in [-0.2, -0.15) is 0 Å². The van der Waals surface area contributed by atoms with Gasteiger partial charge in [-0.1, -0.05) is 17.7 Å². The summed E-state index contributed by atoms with van der Waals surface area (Å²) in [5, 5.41) is 18.5. The third-order valence-electron chi connectivity index (χ3n) is 3.32. The predicted octanol–water partition coefficient (Wildman–Crippen LogP) is 2.14. The Bertz CT molecular complexity index is 499. The van der Waals surface area contributed by atoms with Crippen molar-refractivity contribution in [1.82, 2.24) is 4.90 Å². The summed E-state index contributed by atoms with van der Waals surface area (Å²) in [6, 6.07) is 4.30. The molecule has 2 rings (SSSR count). The Labute approximate surface area is 120 Å². The van der Waals surface area contributed by atoms with Gasteiger partial charge in [0.15, 0.2) is 0 Å². The van der Waals surface area contributed by atoms with Crippen molar-refractivity contribution in [2.75, 3.05) is 26.3 Å². The lowest BCUT2D eigenvalue weighted by molar-refractivity contribution is 0.0112. The number of carboxylic acid groups (broad SMARTS) is 1. The lowest BCUT2D eigenvalue weighted by Gasteiger charge is -2.25. The van der Waals surface area contributed by atoms with Crippen LogP contribution in [0.1, 0.15) is 11.7 Å². The summed E-state index contributed by atoms with van der Waals surface area (Å²) in [5.74, 6) is -1.02. The van der Waals surface area contributed by atoms with E-state index >= 15 is 0 Å². The Kier molecular flexibility index (Phi) is 4.80. The van der Waals surface area contributed by atoms with Crippen molar-refractivity contribution in [3.63, 3.8) is 0 Å². The van der Waals surface area contributed by atoms with Crippen LogP contribution in [0.15, 0.2) is 18.2 Å². The molecule has 0 saturated carbocycles. The Morgan fingerprint density at radius 3 is 2.90 bits per heavy atom. The molecule has 1 amide bonds. The van der Waals surface area contributed by atoms with E-state index in [2.05, 4.69) is 0 Å². The van der Waals surface area contributed by atoms with Crippen molar-refractivity contribution < 1.29 is 24.1 Å². The van der Waals surface area contributed by atoms with Crippen LogP contribution in [-0.4, -0.2) is 47.5 Å². The first-order valence-corrected chi connectivity index (χ1v) is 6.56. The molecular formula is C13H15ClFNO4. The first-order valence-electron chi connectivity index (χ1n) is 6.18. The van der Waals surface area contributed by atoms with E-state index in [1.54, 1.807) is 6.07 Å². The molecule has 1 fully saturated rings. The Hall–Kier alpha value is -1.37. The number of carbonyl (C=O) groups is 1. The maximum atomic E-state index is 13.5. The number of halogens is 2. The van der Waals surface area contributed by atoms with Gasteiger partial charge in [0.25, 0.3) is 0 Å². The van der Waals surface area contributed by atoms with Gasteiger partial charge in [0, 0.05) is 19.0 Å². The standard InChI is InChI=1S/C13H15ClFNO4/c14-10-2-1-8(5-11(10)15)12-9(7-17)6-16(13(18)19)3-4-20-12/h1-2,5,9,12,17H,3-4,6-7H2,(H,18,19)/t9-,12-/m1/s1. The topological polar surface area (TPSA) is 70.0 Å². The van der Waals surface area contributed by atoms with E-state index in [-0.39, 0.29) is 31.3 Å². The average Bonchev–Trinajstić information content (AvgIpc) is 2.64. The van der Waals surface area contributed by atoms with Crippen LogP contribution in [0.4, 0.5) is 9.18 Å². The van der Waals surface area contributed by atoms with E-state index < -0.39 is 23.9 Å². The number of aliphatic hydroxyl groups excluding tert-OH is 1. The minimum atomic E-state index is -1.06. The van der Waals surface area contributed by atoms with E-state index in [1.165, 1.54) is 17.0 Å². The lowest BCUT2D eigenvalue weighted by atomic mass is 9.96. The monoisotopic (exact) mass is 303 g/mol. The first-order chi connectivity index (χ1) is 9.52. The van der Waals surface area contributed by atoms with Crippen LogP contribution in [0, 0.1) is 11.7 Å². The molecule has 1 aromatic carbocycles. The van der Waals surface area contributed by atoms with Gasteiger partial charge >= 0.3 is 6.09 Å². The van der Waals surface area contributed by atoms with Crippen LogP contribution in [-0.2, 0) is 4.74 Å². The fourth-order valence-electron chi connectivity index (χ4n) is 2.28. The van der Waals surface area contributed by atoms with Crippen molar-refractivity contribution in [2.24, 2.45) is 5.92 Å². The molecule has 7 heteroatoms. The molecule has 0 spiro atoms. The summed E-state index contributed by atoms with van der Waals surface area (Å²) in [6.45, 7) is 0.301. The smallest absolute Gasteiger partial charge is 0.407 e. The quantitative estimate of drug-likeness (QED) is 0.878. The number of ether oxygens (including phenoxy) is 1. The van der Waals surface area contributed by atoms with Gasteiger partial charge in [-0.3, -0.25) is 0 Å². The lowest BCUT2D eigenvalue weighted by Crippen LogP contribution is -2.36. The highest BCUT2D eigenvalue weighted by Crippen LogP contribution is 2.31. The third kappa shape index (κ3) is 3.20. The number of hydrogen-bond donors (Lipinski definition) is 2. The van der Waals surface area contributed by atoms with E-state index in [4.69, 9.17) is 21.4 Å². The molecule has 20 heavy (non-hydrogen) atoms. The van der Waals surface area contributed by atoms with E-state index in [0.717, 1.165) is 0 Å². The van der Waals surface area contributed by atoms with Gasteiger partial charge in [0.2, 0.25) is 0 Å². The second kappa shape index (κ2) is 6.39. The highest BCUT2D eigenvalue weighted by atomic mass is 35.5. The molecule has 1 heterocycles. The molecule has 0 aliphatic carbocycles. The largest absolute Gasteiger partial charge is 0.465 e. The minimum absolute atomic E-state index is 0.00934. The van der Waals surface area contributed by atoms with Crippen LogP contribution in [0.2, 0.25) is 5.02 Å². The van der Waals surface area contributed by atoms with E-state index in [1.807, 2.05) is 0 Å². The van der Waals surface area contributed by atoms with Gasteiger partial charge in [-0.15, -0.1) is 0 Å². The summed E-state index contributed by atoms with van der Waals surface area (Å²) >= 11 is 5.64. The van der Waals surface area contributed by atoms with Crippen LogP contribution < -0.4 is 0 Å². The molecule has 2 N–H and O–H groups in total. The van der Waals surface area contributed by atoms with Gasteiger partial charge < -0.3 is 19.8 Å². The molecule has 0 bridgehead atoms. The number of benzene rings is 1. The summed E-state index contributed by atoms with van der Waals surface area (Å²) in [7, 11) is 0. The van der Waals surface area contributed by atoms with Crippen LogP contribution in [0.25, 0.3) is 0 Å². The van der Waals surface area contributed by atoms with Crippen LogP contribution in [0.5, 0.6) is 0 Å². The molecule has 110 valence electrons. The number of aliphatic hydroxyl groups is 1. The van der Waals surface area contributed by atoms with Gasteiger partial charge in [-0.05, 0) is 17.7 Å². The molecule has 0 unspecified atom stereocenters. The second-order valence-corrected chi connectivity index (χ2v) is 5.04. The highest BCUT2D eigenvalue weighted by molar-refractivity contribution is 6.30. The number of rotatable bonds is 2. The van der Waals surface area contributed by atoms with Gasteiger partial charge in [-0.25, -0.2) is 9.18 Å². The number of nitrogens with zero attached hydrogens (tertiary/aromatic N) is 1. The van der Waals surface area contributed by atoms with Crippen molar-refractivity contribution in [1.29, 1.82) is 0 Å². The zero-order chi connectivity index (χ0) is 14.7. The van der Waals surface area contributed by atoms with Gasteiger partial charge in [0.05, 0.1) is 24.3 Å². The average molecular weight is 304 g/mol. The molecule has 1 aliphatic rings. The summed E-state index contributed by atoms with van der Waals surface area (Å²) < 4.78 is 19.1. The Morgan fingerprint density at radius 2 is 2.30 bits per heavy atom. The Balaban J connectivity index is 2.24. The third-order valence-corrected chi connectivity index (χ3v) is 3.63. The zero-order valence-corrected chi connectivity index (χ0v) is 11.4. The summed E-state index contributed by atoms with van der Waals surface area (Å²) in [5.41, 5.74) is 0.540. The second-order valence-electron chi connectivity index (χ2n) is 4.64. The van der Waals surface area contributed by atoms with E-state index in [0.29, 0.717) is 5.56 Å². The minimum Gasteiger partial charge on any atom is -0.465 e. The van der Waals surface area contributed by atoms with Crippen LogP contribution >= 0.6 is 11.6 Å². The zero-order valence-electron chi connectivity index (χ0n) is 10.6. The SMILES string of the molecule is O=C(O)N1CCO[C@H](c2ccc(Cl)c(F)c2)[C@@H](CO)C1. The molecule has 0 aromatic heterocycles. The van der Waals surface area contributed by atoms with Crippen molar-refractivity contribution in [3.8, 4) is 0 Å². The molecule has 2 atom stereocenters. The normalized spacial score (nSPS) is 23.4. The fourth-order valence-corrected chi connectivity index (χ4v) is 2.40. The highest BCUT2D eigenvalue weighted by Gasteiger charge is 2.31. The van der Waals surface area contributed by atoms with Gasteiger partial charge in [0.1, 0.15) is 5.82 Å². The first kappa shape index (κ1) is 15.0. The molecule has 0 radical (unpaired) electrons. The molecule has 5 nitrogen and oxygen atoms in total.